The Kier molecular flexibility index (Phi) is 4.76. The Labute approximate surface area is 141 Å². The van der Waals surface area contributed by atoms with E-state index in [1.165, 1.54) is 17.4 Å². The average molecular weight is 343 g/mol. The maximum atomic E-state index is 13.6. The van der Waals surface area contributed by atoms with Gasteiger partial charge in [0.2, 0.25) is 11.9 Å². The Hall–Kier alpha value is -2.87. The first-order valence-corrected chi connectivity index (χ1v) is 8.03. The lowest BCUT2D eigenvalue weighted by atomic mass is 10.1. The normalized spacial score (nSPS) is 10.4. The highest BCUT2D eigenvalue weighted by atomic mass is 32.1. The Morgan fingerprint density at radius 1 is 1.21 bits per heavy atom. The summed E-state index contributed by atoms with van der Waals surface area (Å²) in [7, 11) is 1.73. The van der Waals surface area contributed by atoms with E-state index < -0.39 is 5.82 Å². The van der Waals surface area contributed by atoms with Crippen molar-refractivity contribution in [2.24, 2.45) is 0 Å². The molecule has 0 aliphatic carbocycles. The minimum absolute atomic E-state index is 0.0427. The van der Waals surface area contributed by atoms with Crippen molar-refractivity contribution in [3.05, 3.63) is 53.3 Å². The highest BCUT2D eigenvalue weighted by molar-refractivity contribution is 7.14. The number of hydrogen-bond donors (Lipinski definition) is 2. The van der Waals surface area contributed by atoms with Crippen LogP contribution in [0, 0.1) is 5.82 Å². The number of amides is 1. The third-order valence-corrected chi connectivity index (χ3v) is 3.96. The fraction of sp³-hybridized carbons (Fsp3) is 0.125. The fourth-order valence-corrected chi connectivity index (χ4v) is 2.77. The van der Waals surface area contributed by atoms with Gasteiger partial charge in [0.1, 0.15) is 11.5 Å². The first-order chi connectivity index (χ1) is 11.7. The molecule has 0 saturated heterocycles. The van der Waals surface area contributed by atoms with Gasteiger partial charge in [0.25, 0.3) is 0 Å². The van der Waals surface area contributed by atoms with Gasteiger partial charge in [-0.2, -0.15) is 0 Å². The molecule has 6 nitrogen and oxygen atoms in total. The molecule has 3 aromatic rings. The van der Waals surface area contributed by atoms with Gasteiger partial charge in [-0.15, -0.1) is 11.3 Å². The maximum absolute atomic E-state index is 13.6. The zero-order chi connectivity index (χ0) is 16.9. The van der Waals surface area contributed by atoms with Crippen LogP contribution in [0.1, 0.15) is 5.56 Å². The van der Waals surface area contributed by atoms with Gasteiger partial charge < -0.3 is 10.6 Å². The Morgan fingerprint density at radius 3 is 2.83 bits per heavy atom. The monoisotopic (exact) mass is 343 g/mol. The van der Waals surface area contributed by atoms with Gasteiger partial charge in [0.15, 0.2) is 5.13 Å². The van der Waals surface area contributed by atoms with Gasteiger partial charge in [0, 0.05) is 18.6 Å². The summed E-state index contributed by atoms with van der Waals surface area (Å²) >= 11 is 1.28. The van der Waals surface area contributed by atoms with E-state index >= 15 is 0 Å². The van der Waals surface area contributed by atoms with E-state index in [4.69, 9.17) is 0 Å². The van der Waals surface area contributed by atoms with Crippen LogP contribution in [-0.4, -0.2) is 27.9 Å². The molecule has 1 aromatic carbocycles. The van der Waals surface area contributed by atoms with Gasteiger partial charge in [-0.3, -0.25) is 4.79 Å². The van der Waals surface area contributed by atoms with E-state index in [0.717, 1.165) is 0 Å². The fourth-order valence-electron chi connectivity index (χ4n) is 2.05. The van der Waals surface area contributed by atoms with Crippen LogP contribution in [0.15, 0.2) is 41.9 Å². The second-order valence-corrected chi connectivity index (χ2v) is 5.73. The quantitative estimate of drug-likeness (QED) is 0.744. The van der Waals surface area contributed by atoms with Crippen molar-refractivity contribution in [1.29, 1.82) is 0 Å². The minimum atomic E-state index is -0.395. The van der Waals surface area contributed by atoms with Gasteiger partial charge >= 0.3 is 0 Å². The molecule has 0 radical (unpaired) electrons. The molecule has 122 valence electrons. The second kappa shape index (κ2) is 7.14. The molecule has 8 heteroatoms. The zero-order valence-corrected chi connectivity index (χ0v) is 13.6. The van der Waals surface area contributed by atoms with E-state index in [9.17, 15) is 9.18 Å². The summed E-state index contributed by atoms with van der Waals surface area (Å²) in [6, 6.07) is 7.94. The number of carbonyl (C=O) groups is 1. The maximum Gasteiger partial charge on any atom is 0.230 e. The van der Waals surface area contributed by atoms with Gasteiger partial charge in [-0.1, -0.05) is 18.2 Å². The number of benzene rings is 1. The number of nitrogens with zero attached hydrogens (tertiary/aromatic N) is 3. The number of hydrogen-bond acceptors (Lipinski definition) is 6. The highest BCUT2D eigenvalue weighted by Crippen LogP contribution is 2.24. The molecule has 0 atom stereocenters. The van der Waals surface area contributed by atoms with Crippen LogP contribution in [-0.2, 0) is 11.2 Å². The number of thiazole rings is 1. The molecule has 0 aliphatic rings. The summed E-state index contributed by atoms with van der Waals surface area (Å²) in [5, 5.41) is 7.77. The molecule has 2 N–H and O–H groups in total. The van der Waals surface area contributed by atoms with Crippen molar-refractivity contribution >= 4 is 28.3 Å². The van der Waals surface area contributed by atoms with Crippen molar-refractivity contribution in [2.45, 2.75) is 6.42 Å². The lowest BCUT2D eigenvalue weighted by Crippen LogP contribution is -2.15. The molecule has 24 heavy (non-hydrogen) atoms. The number of aromatic nitrogens is 3. The summed E-state index contributed by atoms with van der Waals surface area (Å²) < 4.78 is 13.6. The molecule has 0 saturated carbocycles. The van der Waals surface area contributed by atoms with Gasteiger partial charge in [-0.05, 0) is 17.7 Å². The molecule has 0 fully saturated rings. The Morgan fingerprint density at radius 2 is 2.04 bits per heavy atom. The average Bonchev–Trinajstić information content (AvgIpc) is 3.05. The predicted octanol–water partition coefficient (Wildman–Crippen LogP) is 2.96. The van der Waals surface area contributed by atoms with Crippen molar-refractivity contribution < 1.29 is 9.18 Å². The summed E-state index contributed by atoms with van der Waals surface area (Å²) in [6.45, 7) is 0. The smallest absolute Gasteiger partial charge is 0.230 e. The van der Waals surface area contributed by atoms with Crippen LogP contribution >= 0.6 is 11.3 Å². The van der Waals surface area contributed by atoms with Crippen LogP contribution in [0.25, 0.3) is 11.4 Å². The highest BCUT2D eigenvalue weighted by Gasteiger charge is 2.11. The second-order valence-electron chi connectivity index (χ2n) is 4.87. The molecular weight excluding hydrogens is 329 g/mol. The first kappa shape index (κ1) is 16.0. The van der Waals surface area contributed by atoms with Crippen molar-refractivity contribution in [1.82, 2.24) is 15.0 Å². The van der Waals surface area contributed by atoms with Gasteiger partial charge in [0.05, 0.1) is 12.1 Å². The van der Waals surface area contributed by atoms with Crippen molar-refractivity contribution in [3.8, 4) is 11.4 Å². The molecule has 0 aliphatic heterocycles. The summed E-state index contributed by atoms with van der Waals surface area (Å²) in [5.74, 6) is -0.224. The molecule has 0 unspecified atom stereocenters. The third kappa shape index (κ3) is 3.72. The van der Waals surface area contributed by atoms with E-state index in [2.05, 4.69) is 25.6 Å². The number of anilines is 2. The Balaban J connectivity index is 1.69. The zero-order valence-electron chi connectivity index (χ0n) is 12.8. The van der Waals surface area contributed by atoms with Gasteiger partial charge in [-0.25, -0.2) is 19.3 Å². The number of halogens is 1. The topological polar surface area (TPSA) is 79.8 Å². The van der Waals surface area contributed by atoms with Crippen LogP contribution in [0.2, 0.25) is 0 Å². The third-order valence-electron chi connectivity index (χ3n) is 3.20. The van der Waals surface area contributed by atoms with E-state index in [1.54, 1.807) is 42.9 Å². The SMILES string of the molecule is CNc1nccc(-c2csc(NC(=O)Cc3ccccc3F)n2)n1. The van der Waals surface area contributed by atoms with Crippen LogP contribution < -0.4 is 10.6 Å². The van der Waals surface area contributed by atoms with E-state index in [1.807, 2.05) is 0 Å². The molecule has 2 aromatic heterocycles. The van der Waals surface area contributed by atoms with E-state index in [0.29, 0.717) is 28.0 Å². The van der Waals surface area contributed by atoms with Crippen LogP contribution in [0.5, 0.6) is 0 Å². The first-order valence-electron chi connectivity index (χ1n) is 7.15. The van der Waals surface area contributed by atoms with E-state index in [-0.39, 0.29) is 12.3 Å². The number of rotatable bonds is 5. The van der Waals surface area contributed by atoms with Crippen LogP contribution in [0.4, 0.5) is 15.5 Å². The van der Waals surface area contributed by atoms with Crippen molar-refractivity contribution in [2.75, 3.05) is 17.7 Å². The van der Waals surface area contributed by atoms with Crippen LogP contribution in [0.3, 0.4) is 0 Å². The predicted molar refractivity (Wildman–Crippen MR) is 91.4 cm³/mol. The molecule has 0 bridgehead atoms. The molecule has 0 spiro atoms. The molecule has 1 amide bonds. The largest absolute Gasteiger partial charge is 0.357 e. The lowest BCUT2D eigenvalue weighted by Gasteiger charge is -2.03. The molecular formula is C16H14FN5OS. The molecule has 3 rings (SSSR count). The number of nitrogens with one attached hydrogen (secondary N) is 2. The molecule has 2 heterocycles. The number of carbonyl (C=O) groups excluding carboxylic acids is 1. The summed E-state index contributed by atoms with van der Waals surface area (Å²) in [6.07, 6.45) is 1.59. The lowest BCUT2D eigenvalue weighted by molar-refractivity contribution is -0.115. The summed E-state index contributed by atoms with van der Waals surface area (Å²) in [4.78, 5) is 24.7. The Bertz CT molecular complexity index is 867. The summed E-state index contributed by atoms with van der Waals surface area (Å²) in [5.41, 5.74) is 1.64. The van der Waals surface area contributed by atoms with Crippen molar-refractivity contribution in [3.63, 3.8) is 0 Å². The minimum Gasteiger partial charge on any atom is -0.357 e. The standard InChI is InChI=1S/C16H14FN5OS/c1-18-15-19-7-6-12(20-15)13-9-24-16(21-13)22-14(23)8-10-4-2-3-5-11(10)17/h2-7,9H,8H2,1H3,(H,18,19,20)(H,21,22,23).